The molecule has 15 heavy (non-hydrogen) atoms. The Bertz CT molecular complexity index is 427. The molecule has 2 rings (SSSR count). The summed E-state index contributed by atoms with van der Waals surface area (Å²) < 4.78 is 37.7. The summed E-state index contributed by atoms with van der Waals surface area (Å²) in [6.07, 6.45) is -2.42. The fraction of sp³-hybridized carbons (Fsp3) is 0.400. The molecule has 0 amide bonds. The zero-order valence-electron chi connectivity index (χ0n) is 7.67. The van der Waals surface area contributed by atoms with Crippen LogP contribution < -0.4 is 0 Å². The van der Waals surface area contributed by atoms with Crippen LogP contribution in [0.4, 0.5) is 13.2 Å². The van der Waals surface area contributed by atoms with E-state index in [1.165, 1.54) is 12.1 Å². The number of pyridine rings is 1. The van der Waals surface area contributed by atoms with E-state index in [4.69, 9.17) is 5.26 Å². The predicted molar refractivity (Wildman–Crippen MR) is 45.8 cm³/mol. The van der Waals surface area contributed by atoms with Gasteiger partial charge in [0.05, 0.1) is 11.5 Å². The van der Waals surface area contributed by atoms with Crippen molar-refractivity contribution in [3.63, 3.8) is 0 Å². The van der Waals surface area contributed by atoms with Crippen molar-refractivity contribution in [1.82, 2.24) is 4.98 Å². The van der Waals surface area contributed by atoms with Crippen molar-refractivity contribution in [2.75, 3.05) is 0 Å². The number of alkyl halides is 3. The number of nitrogens with zero attached hydrogens (tertiary/aromatic N) is 2. The molecule has 1 aliphatic rings. The summed E-state index contributed by atoms with van der Waals surface area (Å²) in [6.45, 7) is 0. The third-order valence-electron chi connectivity index (χ3n) is 2.56. The van der Waals surface area contributed by atoms with Crippen molar-refractivity contribution in [2.45, 2.75) is 24.4 Å². The first-order chi connectivity index (χ1) is 6.99. The minimum absolute atomic E-state index is 0.0139. The van der Waals surface area contributed by atoms with Crippen LogP contribution in [0.15, 0.2) is 18.3 Å². The van der Waals surface area contributed by atoms with Crippen molar-refractivity contribution < 1.29 is 13.2 Å². The van der Waals surface area contributed by atoms with Crippen LogP contribution in [0, 0.1) is 11.3 Å². The number of hydrogen-bond donors (Lipinski definition) is 0. The third-order valence-corrected chi connectivity index (χ3v) is 2.56. The largest absolute Gasteiger partial charge is 0.433 e. The number of halogens is 3. The molecule has 0 saturated heterocycles. The molecule has 78 valence electrons. The minimum Gasteiger partial charge on any atom is -0.251 e. The van der Waals surface area contributed by atoms with Gasteiger partial charge in [0, 0.05) is 11.8 Å². The highest BCUT2D eigenvalue weighted by atomic mass is 19.4. The quantitative estimate of drug-likeness (QED) is 0.717. The number of aromatic nitrogens is 1. The Morgan fingerprint density at radius 1 is 1.40 bits per heavy atom. The van der Waals surface area contributed by atoms with Crippen molar-refractivity contribution in [1.29, 1.82) is 5.26 Å². The number of nitriles is 1. The minimum atomic E-state index is -4.48. The van der Waals surface area contributed by atoms with Gasteiger partial charge in [0.15, 0.2) is 0 Å². The molecule has 0 bridgehead atoms. The van der Waals surface area contributed by atoms with Gasteiger partial charge in [-0.25, -0.2) is 0 Å². The average molecular weight is 212 g/mol. The Balaban J connectivity index is 2.54. The Morgan fingerprint density at radius 3 is 2.53 bits per heavy atom. The SMILES string of the molecule is N#CC1(c2cccnc2C(F)(F)F)CC1. The van der Waals surface area contributed by atoms with E-state index in [9.17, 15) is 13.2 Å². The summed E-state index contributed by atoms with van der Waals surface area (Å²) in [5, 5.41) is 8.86. The number of rotatable bonds is 1. The molecule has 1 aromatic heterocycles. The normalized spacial score (nSPS) is 18.3. The maximum Gasteiger partial charge on any atom is 0.433 e. The molecular weight excluding hydrogens is 205 g/mol. The lowest BCUT2D eigenvalue weighted by Gasteiger charge is -2.13. The van der Waals surface area contributed by atoms with Crippen molar-refractivity contribution >= 4 is 0 Å². The van der Waals surface area contributed by atoms with Crippen molar-refractivity contribution in [2.24, 2.45) is 0 Å². The van der Waals surface area contributed by atoms with Gasteiger partial charge in [0.2, 0.25) is 0 Å². The standard InChI is InChI=1S/C10H7F3N2/c11-10(12,13)8-7(2-1-5-15-8)9(6-14)3-4-9/h1-2,5H,3-4H2. The van der Waals surface area contributed by atoms with Gasteiger partial charge in [-0.2, -0.15) is 18.4 Å². The van der Waals surface area contributed by atoms with Crippen LogP contribution in [0.2, 0.25) is 0 Å². The second-order valence-electron chi connectivity index (χ2n) is 3.59. The first-order valence-electron chi connectivity index (χ1n) is 4.43. The first kappa shape index (κ1) is 9.97. The summed E-state index contributed by atoms with van der Waals surface area (Å²) in [4.78, 5) is 3.33. The van der Waals surface area contributed by atoms with Gasteiger partial charge in [0.25, 0.3) is 0 Å². The fourth-order valence-electron chi connectivity index (χ4n) is 1.58. The topological polar surface area (TPSA) is 36.7 Å². The van der Waals surface area contributed by atoms with Gasteiger partial charge in [-0.05, 0) is 18.9 Å². The first-order valence-corrected chi connectivity index (χ1v) is 4.43. The summed E-state index contributed by atoms with van der Waals surface area (Å²) in [7, 11) is 0. The van der Waals surface area contributed by atoms with Crippen LogP contribution in [0.3, 0.4) is 0 Å². The molecule has 0 aromatic carbocycles. The Labute approximate surface area is 84.4 Å². The van der Waals surface area contributed by atoms with E-state index in [0.717, 1.165) is 6.20 Å². The van der Waals surface area contributed by atoms with E-state index in [2.05, 4.69) is 4.98 Å². The van der Waals surface area contributed by atoms with Crippen LogP contribution in [-0.2, 0) is 11.6 Å². The Hall–Kier alpha value is -1.57. The molecule has 1 heterocycles. The Kier molecular flexibility index (Phi) is 1.97. The smallest absolute Gasteiger partial charge is 0.251 e. The van der Waals surface area contributed by atoms with Gasteiger partial charge in [-0.3, -0.25) is 4.98 Å². The van der Waals surface area contributed by atoms with E-state index < -0.39 is 17.3 Å². The van der Waals surface area contributed by atoms with Crippen LogP contribution >= 0.6 is 0 Å². The molecule has 0 aliphatic heterocycles. The second kappa shape index (κ2) is 2.96. The molecule has 0 N–H and O–H groups in total. The van der Waals surface area contributed by atoms with Gasteiger partial charge in [-0.15, -0.1) is 0 Å². The lowest BCUT2D eigenvalue weighted by Crippen LogP contribution is -2.16. The molecular formula is C10H7F3N2. The number of hydrogen-bond acceptors (Lipinski definition) is 2. The van der Waals surface area contributed by atoms with Crippen LogP contribution in [0.25, 0.3) is 0 Å². The molecule has 0 spiro atoms. The van der Waals surface area contributed by atoms with E-state index in [0.29, 0.717) is 12.8 Å². The summed E-state index contributed by atoms with van der Waals surface area (Å²) in [5.74, 6) is 0. The molecule has 1 aliphatic carbocycles. The summed E-state index contributed by atoms with van der Waals surface area (Å²) in [5.41, 5.74) is -1.86. The maximum atomic E-state index is 12.6. The zero-order chi connectivity index (χ0) is 11.1. The van der Waals surface area contributed by atoms with Gasteiger partial charge in [0.1, 0.15) is 5.69 Å². The summed E-state index contributed by atoms with van der Waals surface area (Å²) >= 11 is 0. The average Bonchev–Trinajstić information content (AvgIpc) is 2.97. The Morgan fingerprint density at radius 2 is 2.07 bits per heavy atom. The molecule has 1 aromatic rings. The maximum absolute atomic E-state index is 12.6. The summed E-state index contributed by atoms with van der Waals surface area (Å²) in [6, 6.07) is 4.71. The monoisotopic (exact) mass is 212 g/mol. The van der Waals surface area contributed by atoms with E-state index in [1.54, 1.807) is 0 Å². The molecule has 0 atom stereocenters. The van der Waals surface area contributed by atoms with E-state index >= 15 is 0 Å². The van der Waals surface area contributed by atoms with E-state index in [-0.39, 0.29) is 5.56 Å². The lowest BCUT2D eigenvalue weighted by atomic mass is 9.96. The highest BCUT2D eigenvalue weighted by Crippen LogP contribution is 2.50. The zero-order valence-corrected chi connectivity index (χ0v) is 7.67. The third kappa shape index (κ3) is 1.56. The highest BCUT2D eigenvalue weighted by molar-refractivity contribution is 5.42. The second-order valence-corrected chi connectivity index (χ2v) is 3.59. The molecule has 0 radical (unpaired) electrons. The van der Waals surface area contributed by atoms with Crippen LogP contribution in [-0.4, -0.2) is 4.98 Å². The predicted octanol–water partition coefficient (Wildman–Crippen LogP) is 2.66. The molecule has 2 nitrogen and oxygen atoms in total. The van der Waals surface area contributed by atoms with E-state index in [1.807, 2.05) is 6.07 Å². The van der Waals surface area contributed by atoms with Gasteiger partial charge >= 0.3 is 6.18 Å². The fourth-order valence-corrected chi connectivity index (χ4v) is 1.58. The highest BCUT2D eigenvalue weighted by Gasteiger charge is 2.50. The van der Waals surface area contributed by atoms with Crippen molar-refractivity contribution in [3.05, 3.63) is 29.6 Å². The van der Waals surface area contributed by atoms with Crippen molar-refractivity contribution in [3.8, 4) is 6.07 Å². The molecule has 1 saturated carbocycles. The van der Waals surface area contributed by atoms with Crippen LogP contribution in [0.1, 0.15) is 24.1 Å². The molecule has 0 unspecified atom stereocenters. The van der Waals surface area contributed by atoms with Gasteiger partial charge in [-0.1, -0.05) is 6.07 Å². The lowest BCUT2D eigenvalue weighted by molar-refractivity contribution is -0.142. The van der Waals surface area contributed by atoms with Crippen LogP contribution in [0.5, 0.6) is 0 Å². The molecule has 1 fully saturated rings. The molecule has 5 heteroatoms. The van der Waals surface area contributed by atoms with Gasteiger partial charge < -0.3 is 0 Å².